The average Bonchev–Trinajstić information content (AvgIpc) is 3.27. The van der Waals surface area contributed by atoms with Gasteiger partial charge in [0.05, 0.1) is 29.4 Å². The van der Waals surface area contributed by atoms with E-state index < -0.39 is 0 Å². The Hall–Kier alpha value is -1.73. The molecule has 7 heteroatoms. The van der Waals surface area contributed by atoms with E-state index in [0.717, 1.165) is 30.6 Å². The number of aromatic nitrogens is 3. The average molecular weight is 320 g/mol. The van der Waals surface area contributed by atoms with E-state index in [1.54, 1.807) is 17.5 Å². The number of hydrogen-bond acceptors (Lipinski definition) is 5. The van der Waals surface area contributed by atoms with Crippen molar-refractivity contribution in [3.05, 3.63) is 34.5 Å². The van der Waals surface area contributed by atoms with E-state index in [-0.39, 0.29) is 17.9 Å². The third-order valence-corrected chi connectivity index (χ3v) is 4.53. The predicted octanol–water partition coefficient (Wildman–Crippen LogP) is 1.80. The maximum atomic E-state index is 12.4. The summed E-state index contributed by atoms with van der Waals surface area (Å²) in [6, 6.07) is 0. The molecule has 2 aromatic heterocycles. The van der Waals surface area contributed by atoms with Crippen LogP contribution in [0.25, 0.3) is 0 Å². The predicted molar refractivity (Wildman–Crippen MR) is 83.5 cm³/mol. The Bertz CT molecular complexity index is 611. The van der Waals surface area contributed by atoms with Crippen molar-refractivity contribution in [1.29, 1.82) is 0 Å². The Morgan fingerprint density at radius 1 is 1.59 bits per heavy atom. The molecule has 0 aromatic carbocycles. The van der Waals surface area contributed by atoms with Crippen LogP contribution in [-0.2, 0) is 22.5 Å². The fourth-order valence-corrected chi connectivity index (χ4v) is 3.28. The zero-order valence-corrected chi connectivity index (χ0v) is 13.4. The van der Waals surface area contributed by atoms with Crippen LogP contribution in [0.5, 0.6) is 0 Å². The van der Waals surface area contributed by atoms with E-state index in [2.05, 4.69) is 15.4 Å². The number of thiazole rings is 1. The van der Waals surface area contributed by atoms with Gasteiger partial charge in [0.25, 0.3) is 0 Å². The molecule has 22 heavy (non-hydrogen) atoms. The maximum Gasteiger partial charge on any atom is 0.226 e. The highest BCUT2D eigenvalue weighted by atomic mass is 32.1. The Kier molecular flexibility index (Phi) is 4.84. The molecule has 6 nitrogen and oxygen atoms in total. The summed E-state index contributed by atoms with van der Waals surface area (Å²) in [4.78, 5) is 16.6. The number of rotatable bonds is 6. The van der Waals surface area contributed by atoms with Gasteiger partial charge in [0, 0.05) is 43.3 Å². The molecule has 0 radical (unpaired) electrons. The van der Waals surface area contributed by atoms with Crippen molar-refractivity contribution < 1.29 is 9.53 Å². The lowest BCUT2D eigenvalue weighted by Gasteiger charge is -2.16. The molecular weight excluding hydrogens is 300 g/mol. The van der Waals surface area contributed by atoms with Gasteiger partial charge in [0.15, 0.2) is 0 Å². The quantitative estimate of drug-likeness (QED) is 0.881. The van der Waals surface area contributed by atoms with Gasteiger partial charge in [-0.2, -0.15) is 5.10 Å². The van der Waals surface area contributed by atoms with Crippen LogP contribution < -0.4 is 5.32 Å². The van der Waals surface area contributed by atoms with Crippen molar-refractivity contribution >= 4 is 17.2 Å². The lowest BCUT2D eigenvalue weighted by molar-refractivity contribution is -0.126. The van der Waals surface area contributed by atoms with Gasteiger partial charge in [0.2, 0.25) is 5.91 Å². The zero-order chi connectivity index (χ0) is 15.4. The Morgan fingerprint density at radius 3 is 3.23 bits per heavy atom. The normalized spacial score (nSPS) is 21.1. The zero-order valence-electron chi connectivity index (χ0n) is 12.6. The summed E-state index contributed by atoms with van der Waals surface area (Å²) >= 11 is 1.57. The maximum absolute atomic E-state index is 12.4. The minimum atomic E-state index is -0.181. The van der Waals surface area contributed by atoms with Crippen LogP contribution in [0, 0.1) is 5.92 Å². The van der Waals surface area contributed by atoms with Crippen molar-refractivity contribution in [2.45, 2.75) is 32.4 Å². The van der Waals surface area contributed by atoms with Gasteiger partial charge in [-0.05, 0) is 13.3 Å². The highest BCUT2D eigenvalue weighted by Gasteiger charge is 2.35. The Morgan fingerprint density at radius 2 is 2.50 bits per heavy atom. The van der Waals surface area contributed by atoms with Crippen LogP contribution in [0.4, 0.5) is 0 Å². The van der Waals surface area contributed by atoms with Crippen molar-refractivity contribution in [3.63, 3.8) is 0 Å². The molecule has 1 N–H and O–H groups in total. The molecule has 2 atom stereocenters. The first kappa shape index (κ1) is 15.2. The fraction of sp³-hybridized carbons (Fsp3) is 0.533. The minimum absolute atomic E-state index is 0.0574. The highest BCUT2D eigenvalue weighted by molar-refractivity contribution is 7.07. The molecule has 1 fully saturated rings. The molecule has 0 spiro atoms. The van der Waals surface area contributed by atoms with Crippen LogP contribution in [-0.4, -0.2) is 33.8 Å². The summed E-state index contributed by atoms with van der Waals surface area (Å²) in [7, 11) is 0. The number of ether oxygens (including phenoxy) is 1. The van der Waals surface area contributed by atoms with E-state index in [4.69, 9.17) is 4.74 Å². The van der Waals surface area contributed by atoms with Gasteiger partial charge in [-0.25, -0.2) is 4.98 Å². The fourth-order valence-electron chi connectivity index (χ4n) is 2.69. The number of carbonyl (C=O) groups is 1. The summed E-state index contributed by atoms with van der Waals surface area (Å²) in [6.45, 7) is 4.08. The first-order valence-electron chi connectivity index (χ1n) is 7.56. The van der Waals surface area contributed by atoms with Gasteiger partial charge in [-0.3, -0.25) is 9.48 Å². The van der Waals surface area contributed by atoms with Crippen LogP contribution in [0.15, 0.2) is 23.3 Å². The Balaban J connectivity index is 1.56. The number of hydrogen-bond donors (Lipinski definition) is 1. The molecule has 2 aromatic rings. The van der Waals surface area contributed by atoms with E-state index in [9.17, 15) is 4.79 Å². The second-order valence-electron chi connectivity index (χ2n) is 5.34. The molecule has 0 bridgehead atoms. The van der Waals surface area contributed by atoms with Crippen LogP contribution >= 0.6 is 11.3 Å². The summed E-state index contributed by atoms with van der Waals surface area (Å²) < 4.78 is 7.61. The molecule has 0 aliphatic carbocycles. The topological polar surface area (TPSA) is 69.0 Å². The SMILES string of the molecule is CCn1cc([C@H]2OCC[C@@H]2C(=O)NCCc2cscn2)cn1. The molecule has 1 amide bonds. The van der Waals surface area contributed by atoms with E-state index in [1.807, 2.05) is 28.7 Å². The number of carbonyl (C=O) groups excluding carboxylic acids is 1. The molecule has 1 aliphatic rings. The van der Waals surface area contributed by atoms with Gasteiger partial charge in [-0.15, -0.1) is 11.3 Å². The lowest BCUT2D eigenvalue weighted by Crippen LogP contribution is -2.33. The molecule has 1 aliphatic heterocycles. The molecule has 0 saturated carbocycles. The second kappa shape index (κ2) is 7.02. The summed E-state index contributed by atoms with van der Waals surface area (Å²) in [6.07, 6.45) is 5.10. The third-order valence-electron chi connectivity index (χ3n) is 3.90. The van der Waals surface area contributed by atoms with Gasteiger partial charge in [-0.1, -0.05) is 0 Å². The van der Waals surface area contributed by atoms with Gasteiger partial charge >= 0.3 is 0 Å². The standard InChI is InChI=1S/C15H20N4O2S/c1-2-19-8-11(7-18-19)14-13(4-6-21-14)15(20)16-5-3-12-9-22-10-17-12/h7-10,13-14H,2-6H2,1H3,(H,16,20)/t13-,14+/m0/s1. The van der Waals surface area contributed by atoms with Crippen LogP contribution in [0.1, 0.15) is 30.7 Å². The molecular formula is C15H20N4O2S. The Labute approximate surface area is 133 Å². The van der Waals surface area contributed by atoms with E-state index in [0.29, 0.717) is 13.2 Å². The van der Waals surface area contributed by atoms with Crippen molar-refractivity contribution in [2.24, 2.45) is 5.92 Å². The van der Waals surface area contributed by atoms with E-state index >= 15 is 0 Å². The number of aryl methyl sites for hydroxylation is 1. The molecule has 3 heterocycles. The first-order chi connectivity index (χ1) is 10.8. The highest BCUT2D eigenvalue weighted by Crippen LogP contribution is 2.34. The minimum Gasteiger partial charge on any atom is -0.373 e. The lowest BCUT2D eigenvalue weighted by atomic mass is 9.96. The first-order valence-corrected chi connectivity index (χ1v) is 8.51. The third kappa shape index (κ3) is 3.36. The second-order valence-corrected chi connectivity index (χ2v) is 6.06. The van der Waals surface area contributed by atoms with Crippen LogP contribution in [0.2, 0.25) is 0 Å². The number of amides is 1. The molecule has 118 valence electrons. The number of nitrogens with one attached hydrogen (secondary N) is 1. The summed E-state index contributed by atoms with van der Waals surface area (Å²) in [5, 5.41) is 9.28. The van der Waals surface area contributed by atoms with Crippen molar-refractivity contribution in [1.82, 2.24) is 20.1 Å². The largest absolute Gasteiger partial charge is 0.373 e. The van der Waals surface area contributed by atoms with Crippen molar-refractivity contribution in [3.8, 4) is 0 Å². The smallest absolute Gasteiger partial charge is 0.226 e. The monoisotopic (exact) mass is 320 g/mol. The van der Waals surface area contributed by atoms with Gasteiger partial charge in [0.1, 0.15) is 0 Å². The van der Waals surface area contributed by atoms with Crippen molar-refractivity contribution in [2.75, 3.05) is 13.2 Å². The summed E-state index contributed by atoms with van der Waals surface area (Å²) in [5.41, 5.74) is 3.82. The molecule has 0 unspecified atom stereocenters. The molecule has 1 saturated heterocycles. The summed E-state index contributed by atoms with van der Waals surface area (Å²) in [5.74, 6) is -0.0769. The van der Waals surface area contributed by atoms with E-state index in [1.165, 1.54) is 0 Å². The van der Waals surface area contributed by atoms with Gasteiger partial charge < -0.3 is 10.1 Å². The number of nitrogens with zero attached hydrogens (tertiary/aromatic N) is 3. The molecule has 3 rings (SSSR count). The van der Waals surface area contributed by atoms with Crippen LogP contribution in [0.3, 0.4) is 0 Å².